The minimum atomic E-state index is -0.669. The molecule has 0 bridgehead atoms. The molecule has 5 heteroatoms. The Balaban J connectivity index is 1.77. The van der Waals surface area contributed by atoms with Gasteiger partial charge in [0.2, 0.25) is 0 Å². The van der Waals surface area contributed by atoms with Crippen LogP contribution in [0.3, 0.4) is 0 Å². The highest BCUT2D eigenvalue weighted by molar-refractivity contribution is 6.42. The second-order valence-corrected chi connectivity index (χ2v) is 9.77. The fourth-order valence-electron chi connectivity index (χ4n) is 4.79. The van der Waals surface area contributed by atoms with Crippen molar-refractivity contribution in [1.29, 1.82) is 0 Å². The van der Waals surface area contributed by atoms with E-state index in [0.29, 0.717) is 34.4 Å². The number of esters is 1. The SMILES string of the molecule is CC1CCC(C(C)C)C(OC(=O)CC2(c3ccc(Cl)c(Cl)c3)CCCCO2)C1. The van der Waals surface area contributed by atoms with Gasteiger partial charge in [-0.25, -0.2) is 0 Å². The number of hydrogen-bond acceptors (Lipinski definition) is 3. The zero-order valence-electron chi connectivity index (χ0n) is 17.2. The quantitative estimate of drug-likeness (QED) is 0.486. The Labute approximate surface area is 179 Å². The molecule has 3 rings (SSSR count). The standard InChI is InChI=1S/C23H32Cl2O3/c1-15(2)18-8-6-16(3)12-21(18)28-22(26)14-23(10-4-5-11-27-23)17-7-9-19(24)20(25)13-17/h7,9,13,15-16,18,21H,4-6,8,10-12,14H2,1-3H3. The van der Waals surface area contributed by atoms with Crippen LogP contribution in [0.5, 0.6) is 0 Å². The third kappa shape index (κ3) is 5.04. The Morgan fingerprint density at radius 1 is 1.25 bits per heavy atom. The molecule has 4 unspecified atom stereocenters. The minimum Gasteiger partial charge on any atom is -0.462 e. The first kappa shape index (κ1) is 21.9. The third-order valence-corrected chi connectivity index (χ3v) is 7.21. The van der Waals surface area contributed by atoms with Gasteiger partial charge in [0, 0.05) is 6.61 Å². The first-order chi connectivity index (χ1) is 13.3. The van der Waals surface area contributed by atoms with E-state index in [1.165, 1.54) is 6.42 Å². The largest absolute Gasteiger partial charge is 0.462 e. The average Bonchev–Trinajstić information content (AvgIpc) is 2.64. The van der Waals surface area contributed by atoms with Gasteiger partial charge in [-0.05, 0) is 67.6 Å². The molecular weight excluding hydrogens is 395 g/mol. The fourth-order valence-corrected chi connectivity index (χ4v) is 5.09. The molecule has 1 aliphatic carbocycles. The maximum Gasteiger partial charge on any atom is 0.309 e. The van der Waals surface area contributed by atoms with Crippen molar-refractivity contribution < 1.29 is 14.3 Å². The van der Waals surface area contributed by atoms with Crippen LogP contribution < -0.4 is 0 Å². The molecule has 156 valence electrons. The van der Waals surface area contributed by atoms with Crippen LogP contribution in [-0.2, 0) is 19.9 Å². The molecule has 2 aliphatic rings. The van der Waals surface area contributed by atoms with Crippen molar-refractivity contribution in [3.8, 4) is 0 Å². The molecule has 4 atom stereocenters. The Kier molecular flexibility index (Phi) is 7.33. The summed E-state index contributed by atoms with van der Waals surface area (Å²) in [6.07, 6.45) is 6.34. The predicted octanol–water partition coefficient (Wildman–Crippen LogP) is 6.78. The molecule has 1 aromatic carbocycles. The van der Waals surface area contributed by atoms with Crippen molar-refractivity contribution in [3.05, 3.63) is 33.8 Å². The molecule has 28 heavy (non-hydrogen) atoms. The van der Waals surface area contributed by atoms with Gasteiger partial charge in [-0.3, -0.25) is 4.79 Å². The third-order valence-electron chi connectivity index (χ3n) is 6.47. The summed E-state index contributed by atoms with van der Waals surface area (Å²) >= 11 is 12.3. The summed E-state index contributed by atoms with van der Waals surface area (Å²) in [4.78, 5) is 13.0. The van der Waals surface area contributed by atoms with Crippen LogP contribution >= 0.6 is 23.2 Å². The molecule has 1 heterocycles. The van der Waals surface area contributed by atoms with Gasteiger partial charge >= 0.3 is 5.97 Å². The minimum absolute atomic E-state index is 0.00527. The Hall–Kier alpha value is -0.770. The first-order valence-electron chi connectivity index (χ1n) is 10.6. The van der Waals surface area contributed by atoms with Crippen LogP contribution in [0.15, 0.2) is 18.2 Å². The van der Waals surface area contributed by atoms with Crippen molar-refractivity contribution in [1.82, 2.24) is 0 Å². The van der Waals surface area contributed by atoms with Gasteiger partial charge in [0.05, 0.1) is 16.5 Å². The molecule has 0 amide bonds. The Morgan fingerprint density at radius 2 is 2.04 bits per heavy atom. The smallest absolute Gasteiger partial charge is 0.309 e. The van der Waals surface area contributed by atoms with E-state index in [2.05, 4.69) is 20.8 Å². The molecule has 1 aliphatic heterocycles. The fraction of sp³-hybridized carbons (Fsp3) is 0.696. The van der Waals surface area contributed by atoms with E-state index >= 15 is 0 Å². The molecule has 1 saturated carbocycles. The van der Waals surface area contributed by atoms with Gasteiger partial charge in [0.25, 0.3) is 0 Å². The predicted molar refractivity (Wildman–Crippen MR) is 114 cm³/mol. The number of ether oxygens (including phenoxy) is 2. The normalized spacial score (nSPS) is 31.0. The lowest BCUT2D eigenvalue weighted by Gasteiger charge is -2.39. The van der Waals surface area contributed by atoms with Crippen molar-refractivity contribution >= 4 is 29.2 Å². The van der Waals surface area contributed by atoms with Gasteiger partial charge < -0.3 is 9.47 Å². The molecule has 3 nitrogen and oxygen atoms in total. The van der Waals surface area contributed by atoms with Crippen LogP contribution in [0.1, 0.15) is 71.3 Å². The average molecular weight is 427 g/mol. The number of hydrogen-bond donors (Lipinski definition) is 0. The molecule has 1 saturated heterocycles. The lowest BCUT2D eigenvalue weighted by molar-refractivity contribution is -0.168. The highest BCUT2D eigenvalue weighted by Crippen LogP contribution is 2.42. The van der Waals surface area contributed by atoms with E-state index in [1.54, 1.807) is 6.07 Å². The summed E-state index contributed by atoms with van der Waals surface area (Å²) in [7, 11) is 0. The number of rotatable bonds is 5. The van der Waals surface area contributed by atoms with Crippen LogP contribution in [0, 0.1) is 17.8 Å². The van der Waals surface area contributed by atoms with E-state index < -0.39 is 5.60 Å². The van der Waals surface area contributed by atoms with Crippen LogP contribution in [0.2, 0.25) is 10.0 Å². The van der Waals surface area contributed by atoms with Crippen LogP contribution in [0.25, 0.3) is 0 Å². The van der Waals surface area contributed by atoms with Crippen LogP contribution in [0.4, 0.5) is 0 Å². The maximum atomic E-state index is 13.0. The molecule has 0 radical (unpaired) electrons. The summed E-state index contributed by atoms with van der Waals surface area (Å²) in [6, 6.07) is 5.54. The van der Waals surface area contributed by atoms with E-state index in [9.17, 15) is 4.79 Å². The molecule has 0 spiro atoms. The topological polar surface area (TPSA) is 35.5 Å². The van der Waals surface area contributed by atoms with Crippen LogP contribution in [-0.4, -0.2) is 18.7 Å². The zero-order chi connectivity index (χ0) is 20.3. The van der Waals surface area contributed by atoms with Crippen molar-refractivity contribution in [2.24, 2.45) is 17.8 Å². The van der Waals surface area contributed by atoms with E-state index in [-0.39, 0.29) is 18.5 Å². The molecule has 1 aromatic rings. The second kappa shape index (κ2) is 9.36. The van der Waals surface area contributed by atoms with Gasteiger partial charge in [-0.15, -0.1) is 0 Å². The lowest BCUT2D eigenvalue weighted by Crippen LogP contribution is -2.40. The van der Waals surface area contributed by atoms with E-state index in [0.717, 1.165) is 37.7 Å². The first-order valence-corrected chi connectivity index (χ1v) is 11.4. The summed E-state index contributed by atoms with van der Waals surface area (Å²) in [5, 5.41) is 0.997. The highest BCUT2D eigenvalue weighted by atomic mass is 35.5. The van der Waals surface area contributed by atoms with Gasteiger partial charge in [0.1, 0.15) is 11.7 Å². The number of benzene rings is 1. The van der Waals surface area contributed by atoms with Gasteiger partial charge in [-0.2, -0.15) is 0 Å². The highest BCUT2D eigenvalue weighted by Gasteiger charge is 2.40. The van der Waals surface area contributed by atoms with Gasteiger partial charge in [-0.1, -0.05) is 56.5 Å². The summed E-state index contributed by atoms with van der Waals surface area (Å²) in [5.74, 6) is 1.38. The molecular formula is C23H32Cl2O3. The van der Waals surface area contributed by atoms with Crippen molar-refractivity contribution in [3.63, 3.8) is 0 Å². The van der Waals surface area contributed by atoms with Crippen molar-refractivity contribution in [2.75, 3.05) is 6.61 Å². The lowest BCUT2D eigenvalue weighted by atomic mass is 9.75. The van der Waals surface area contributed by atoms with Crippen molar-refractivity contribution in [2.45, 2.75) is 77.4 Å². The second-order valence-electron chi connectivity index (χ2n) is 8.96. The number of halogens is 2. The molecule has 0 aromatic heterocycles. The Bertz CT molecular complexity index is 682. The molecule has 2 fully saturated rings. The van der Waals surface area contributed by atoms with Gasteiger partial charge in [0.15, 0.2) is 0 Å². The van der Waals surface area contributed by atoms with E-state index in [4.69, 9.17) is 32.7 Å². The number of carbonyl (C=O) groups is 1. The summed E-state index contributed by atoms with van der Waals surface area (Å²) < 4.78 is 12.3. The van der Waals surface area contributed by atoms with E-state index in [1.807, 2.05) is 12.1 Å². The summed E-state index contributed by atoms with van der Waals surface area (Å²) in [6.45, 7) is 7.34. The molecule has 0 N–H and O–H groups in total. The zero-order valence-corrected chi connectivity index (χ0v) is 18.7. The maximum absolute atomic E-state index is 13.0. The monoisotopic (exact) mass is 426 g/mol. The Morgan fingerprint density at radius 3 is 2.68 bits per heavy atom. The summed E-state index contributed by atoms with van der Waals surface area (Å²) in [5.41, 5.74) is 0.243. The number of carbonyl (C=O) groups excluding carboxylic acids is 1.